The highest BCUT2D eigenvalue weighted by atomic mass is 19.3. The van der Waals surface area contributed by atoms with Crippen molar-refractivity contribution in [2.24, 2.45) is 35.5 Å². The number of halogens is 4. The number of ketones is 2. The van der Waals surface area contributed by atoms with Gasteiger partial charge in [-0.3, -0.25) is 9.59 Å². The summed E-state index contributed by atoms with van der Waals surface area (Å²) < 4.78 is 64.7. The number of fused-ring (bicyclic) bond motifs is 2. The molecule has 8 unspecified atom stereocenters. The second-order valence-corrected chi connectivity index (χ2v) is 12.0. The number of carbonyl (C=O) groups is 2. The molecule has 0 radical (unpaired) electrons. The molecule has 0 aromatic heterocycles. The van der Waals surface area contributed by atoms with E-state index in [0.29, 0.717) is 25.0 Å². The van der Waals surface area contributed by atoms with Gasteiger partial charge in [-0.15, -0.1) is 0 Å². The Labute approximate surface area is 226 Å². The smallest absolute Gasteiger partial charge is 0.309 e. The van der Waals surface area contributed by atoms with Gasteiger partial charge in [0.15, 0.2) is 0 Å². The van der Waals surface area contributed by atoms with E-state index in [1.54, 1.807) is 14.2 Å². The van der Waals surface area contributed by atoms with Crippen LogP contribution in [0, 0.1) is 35.5 Å². The number of rotatable bonds is 14. The van der Waals surface area contributed by atoms with E-state index >= 15 is 0 Å². The molecule has 220 valence electrons. The topological polar surface area (TPSA) is 52.6 Å². The van der Waals surface area contributed by atoms with Crippen molar-refractivity contribution in [3.05, 3.63) is 0 Å². The summed E-state index contributed by atoms with van der Waals surface area (Å²) in [5, 5.41) is 0. The number of methoxy groups -OCH3 is 2. The molecule has 4 saturated carbocycles. The van der Waals surface area contributed by atoms with Crippen LogP contribution in [-0.2, 0) is 19.1 Å². The summed E-state index contributed by atoms with van der Waals surface area (Å²) in [4.78, 5) is 22.5. The van der Waals surface area contributed by atoms with E-state index in [-0.39, 0.29) is 23.7 Å². The number of ether oxygens (including phenoxy) is 2. The number of carbonyl (C=O) groups excluding carboxylic acids is 2. The lowest BCUT2D eigenvalue weighted by Gasteiger charge is -2.41. The maximum Gasteiger partial charge on any atom is 0.309 e. The van der Waals surface area contributed by atoms with E-state index in [1.165, 1.54) is 0 Å². The molecule has 4 nitrogen and oxygen atoms in total. The fourth-order valence-corrected chi connectivity index (χ4v) is 7.66. The predicted octanol–water partition coefficient (Wildman–Crippen LogP) is 7.66. The van der Waals surface area contributed by atoms with E-state index in [0.717, 1.165) is 77.0 Å². The molecular formula is C30H48F4O4. The third-order valence-electron chi connectivity index (χ3n) is 10.0. The molecule has 0 aliphatic heterocycles. The predicted molar refractivity (Wildman–Crippen MR) is 138 cm³/mol. The Bertz CT molecular complexity index is 716. The van der Waals surface area contributed by atoms with Crippen molar-refractivity contribution in [3.63, 3.8) is 0 Å². The summed E-state index contributed by atoms with van der Waals surface area (Å²) in [5.41, 5.74) is 0. The molecule has 4 fully saturated rings. The highest BCUT2D eigenvalue weighted by Crippen LogP contribution is 2.58. The molecule has 0 heterocycles. The molecule has 4 aliphatic carbocycles. The van der Waals surface area contributed by atoms with E-state index in [2.05, 4.69) is 13.8 Å². The third-order valence-corrected chi connectivity index (χ3v) is 10.0. The molecule has 4 aliphatic rings. The summed E-state index contributed by atoms with van der Waals surface area (Å²) in [7, 11) is 3.44. The second-order valence-electron chi connectivity index (χ2n) is 12.0. The van der Waals surface area contributed by atoms with Gasteiger partial charge in [-0.05, 0) is 76.0 Å². The number of Topliss-reactive ketones (excluding diaryl/α,β-unsaturated/α-hetero) is 2. The molecule has 0 aromatic carbocycles. The third kappa shape index (κ3) is 6.47. The van der Waals surface area contributed by atoms with Crippen molar-refractivity contribution < 1.29 is 36.6 Å². The summed E-state index contributed by atoms with van der Waals surface area (Å²) in [6, 6.07) is 0. The molecule has 0 aromatic rings. The lowest BCUT2D eigenvalue weighted by atomic mass is 9.67. The highest BCUT2D eigenvalue weighted by molar-refractivity contribution is 5.96. The minimum Gasteiger partial charge on any atom is -0.381 e. The van der Waals surface area contributed by atoms with E-state index < -0.39 is 35.2 Å². The van der Waals surface area contributed by atoms with Gasteiger partial charge in [-0.2, -0.15) is 17.6 Å². The molecule has 38 heavy (non-hydrogen) atoms. The maximum absolute atomic E-state index is 13.5. The number of hydrogen-bond donors (Lipinski definition) is 0. The Morgan fingerprint density at radius 1 is 0.684 bits per heavy atom. The van der Waals surface area contributed by atoms with Crippen LogP contribution in [0.4, 0.5) is 17.6 Å². The lowest BCUT2D eigenvalue weighted by molar-refractivity contribution is -0.190. The van der Waals surface area contributed by atoms with Crippen LogP contribution in [0.3, 0.4) is 0 Å². The van der Waals surface area contributed by atoms with Crippen LogP contribution in [0.5, 0.6) is 0 Å². The molecule has 0 bridgehead atoms. The summed E-state index contributed by atoms with van der Waals surface area (Å²) in [6.07, 6.45) is 13.2. The average molecular weight is 549 g/mol. The number of alkyl halides is 4. The van der Waals surface area contributed by atoms with Crippen LogP contribution < -0.4 is 0 Å². The Morgan fingerprint density at radius 3 is 1.37 bits per heavy atom. The zero-order valence-electron chi connectivity index (χ0n) is 23.7. The average Bonchev–Trinajstić information content (AvgIpc) is 3.51. The SMILES string of the molecule is CCC(CCCCC1CCC2C(=O)C(F)(F)C12)OC.CCC(CCCCC1CCC2C(=O)C(F)(F)C12)OC. The van der Waals surface area contributed by atoms with Crippen molar-refractivity contribution in [2.45, 2.75) is 128 Å². The van der Waals surface area contributed by atoms with Crippen LogP contribution >= 0.6 is 0 Å². The Balaban J connectivity index is 0.000000211. The quantitative estimate of drug-likeness (QED) is 0.165. The van der Waals surface area contributed by atoms with Gasteiger partial charge in [0.1, 0.15) is 0 Å². The molecular weight excluding hydrogens is 500 g/mol. The van der Waals surface area contributed by atoms with Crippen LogP contribution in [-0.4, -0.2) is 49.8 Å². The number of unbranched alkanes of at least 4 members (excludes halogenated alkanes) is 2. The fourth-order valence-electron chi connectivity index (χ4n) is 7.66. The maximum atomic E-state index is 13.5. The van der Waals surface area contributed by atoms with Crippen LogP contribution in [0.1, 0.15) is 104 Å². The van der Waals surface area contributed by atoms with Gasteiger partial charge in [0.05, 0.1) is 12.2 Å². The Kier molecular flexibility index (Phi) is 11.2. The van der Waals surface area contributed by atoms with Crippen molar-refractivity contribution in [1.82, 2.24) is 0 Å². The fraction of sp³-hybridized carbons (Fsp3) is 0.933. The molecule has 0 amide bonds. The summed E-state index contributed by atoms with van der Waals surface area (Å²) >= 11 is 0. The van der Waals surface area contributed by atoms with E-state index in [4.69, 9.17) is 9.47 Å². The van der Waals surface area contributed by atoms with E-state index in [9.17, 15) is 27.2 Å². The van der Waals surface area contributed by atoms with Gasteiger partial charge in [0.2, 0.25) is 11.6 Å². The first-order chi connectivity index (χ1) is 18.0. The van der Waals surface area contributed by atoms with Gasteiger partial charge in [-0.25, -0.2) is 0 Å². The monoisotopic (exact) mass is 548 g/mol. The molecule has 0 N–H and O–H groups in total. The summed E-state index contributed by atoms with van der Waals surface area (Å²) in [5.74, 6) is -9.50. The first kappa shape index (κ1) is 31.5. The van der Waals surface area contributed by atoms with Crippen molar-refractivity contribution in [3.8, 4) is 0 Å². The standard InChI is InChI=1S/2C15H24F2O2/c2*1-3-11(19-2)7-5-4-6-10-8-9-12-13(10)15(16,17)14(12)18/h2*10-13H,3-9H2,1-2H3. The van der Waals surface area contributed by atoms with Gasteiger partial charge in [0, 0.05) is 37.9 Å². The zero-order chi connectivity index (χ0) is 28.1. The molecule has 8 atom stereocenters. The summed E-state index contributed by atoms with van der Waals surface area (Å²) in [6.45, 7) is 4.19. The normalized spacial score (nSPS) is 33.9. The Hall–Kier alpha value is -1.02. The lowest BCUT2D eigenvalue weighted by Crippen LogP contribution is -2.57. The Morgan fingerprint density at radius 2 is 1.05 bits per heavy atom. The second kappa shape index (κ2) is 13.6. The molecule has 0 spiro atoms. The minimum absolute atomic E-state index is 0.0559. The van der Waals surface area contributed by atoms with Crippen molar-refractivity contribution in [1.29, 1.82) is 0 Å². The van der Waals surface area contributed by atoms with Crippen molar-refractivity contribution in [2.75, 3.05) is 14.2 Å². The van der Waals surface area contributed by atoms with Crippen molar-refractivity contribution >= 4 is 11.6 Å². The zero-order valence-corrected chi connectivity index (χ0v) is 23.7. The first-order valence-corrected chi connectivity index (χ1v) is 14.9. The first-order valence-electron chi connectivity index (χ1n) is 14.9. The highest BCUT2D eigenvalue weighted by Gasteiger charge is 2.69. The molecule has 8 heteroatoms. The van der Waals surface area contributed by atoms with E-state index in [1.807, 2.05) is 0 Å². The van der Waals surface area contributed by atoms with Gasteiger partial charge < -0.3 is 9.47 Å². The molecule has 0 saturated heterocycles. The largest absolute Gasteiger partial charge is 0.381 e. The number of hydrogen-bond acceptors (Lipinski definition) is 4. The van der Waals surface area contributed by atoms with Gasteiger partial charge in [0.25, 0.3) is 0 Å². The van der Waals surface area contributed by atoms with Crippen LogP contribution in [0.25, 0.3) is 0 Å². The van der Waals surface area contributed by atoms with Crippen LogP contribution in [0.2, 0.25) is 0 Å². The van der Waals surface area contributed by atoms with Gasteiger partial charge in [-0.1, -0.05) is 39.5 Å². The van der Waals surface area contributed by atoms with Crippen LogP contribution in [0.15, 0.2) is 0 Å². The minimum atomic E-state index is -3.02. The van der Waals surface area contributed by atoms with Gasteiger partial charge >= 0.3 is 11.8 Å². The molecule has 4 rings (SSSR count).